The molecule has 0 radical (unpaired) electrons. The van der Waals surface area contributed by atoms with Gasteiger partial charge in [-0.15, -0.1) is 0 Å². The van der Waals surface area contributed by atoms with Gasteiger partial charge < -0.3 is 25.3 Å². The van der Waals surface area contributed by atoms with Gasteiger partial charge in [-0.1, -0.05) is 25.1 Å². The Hall–Kier alpha value is -3.29. The van der Waals surface area contributed by atoms with E-state index >= 15 is 0 Å². The molecule has 3 rings (SSSR count). The second-order valence-electron chi connectivity index (χ2n) is 8.36. The molecule has 0 aliphatic carbocycles. The summed E-state index contributed by atoms with van der Waals surface area (Å²) in [5, 5.41) is 2.78. The van der Waals surface area contributed by atoms with Crippen molar-refractivity contribution in [2.24, 2.45) is 5.73 Å². The first kappa shape index (κ1) is 22.4. The van der Waals surface area contributed by atoms with Crippen LogP contribution in [0.3, 0.4) is 0 Å². The number of amides is 1. The zero-order chi connectivity index (χ0) is 23.0. The molecule has 0 saturated heterocycles. The Morgan fingerprint density at radius 3 is 2.42 bits per heavy atom. The average molecular weight is 428 g/mol. The molecule has 1 aromatic rings. The second kappa shape index (κ2) is 8.09. The smallest absolute Gasteiger partial charge is 0.341 e. The molecule has 1 amide bonds. The van der Waals surface area contributed by atoms with Crippen LogP contribution in [0.5, 0.6) is 0 Å². The van der Waals surface area contributed by atoms with Gasteiger partial charge in [-0.2, -0.15) is 0 Å². The Balaban J connectivity index is 2.38. The molecule has 8 heteroatoms. The number of hydrogen-bond acceptors (Lipinski definition) is 7. The predicted molar refractivity (Wildman–Crippen MR) is 113 cm³/mol. The van der Waals surface area contributed by atoms with Crippen molar-refractivity contribution in [2.45, 2.75) is 58.5 Å². The minimum absolute atomic E-state index is 0.0475. The van der Waals surface area contributed by atoms with Crippen LogP contribution in [0.1, 0.15) is 53.0 Å². The molecular formula is C23H28N2O6. The van der Waals surface area contributed by atoms with Crippen LogP contribution in [-0.2, 0) is 34.0 Å². The first-order valence-corrected chi connectivity index (χ1v) is 10.3. The number of ether oxygens (including phenoxy) is 3. The molecule has 0 saturated carbocycles. The van der Waals surface area contributed by atoms with Gasteiger partial charge in [-0.05, 0) is 40.2 Å². The number of nitrogens with one attached hydrogen (secondary N) is 1. The fourth-order valence-electron chi connectivity index (χ4n) is 3.96. The number of carbonyl (C=O) groups excluding carboxylic acids is 3. The van der Waals surface area contributed by atoms with E-state index in [4.69, 9.17) is 19.9 Å². The van der Waals surface area contributed by atoms with Crippen LogP contribution in [0.4, 0.5) is 5.69 Å². The minimum atomic E-state index is -1.84. The molecule has 0 unspecified atom stereocenters. The van der Waals surface area contributed by atoms with Crippen molar-refractivity contribution in [3.8, 4) is 0 Å². The largest absolute Gasteiger partial charge is 0.462 e. The van der Waals surface area contributed by atoms with Crippen LogP contribution < -0.4 is 11.1 Å². The van der Waals surface area contributed by atoms with Crippen LogP contribution in [-0.4, -0.2) is 30.1 Å². The Kier molecular flexibility index (Phi) is 5.85. The molecular weight excluding hydrogens is 400 g/mol. The summed E-state index contributed by atoms with van der Waals surface area (Å²) < 4.78 is 16.6. The normalized spacial score (nSPS) is 20.4. The SMILES string of the molecule is CCCC1=C(C(=O)OCC)[C@]2(C(=O)Nc3ccccc32)C(C(=O)OC(C)(C)C)=C(N)O1. The Morgan fingerprint density at radius 2 is 1.81 bits per heavy atom. The number of fused-ring (bicyclic) bond motifs is 2. The molecule has 8 nitrogen and oxygen atoms in total. The molecule has 0 aromatic heterocycles. The number of para-hydroxylation sites is 1. The van der Waals surface area contributed by atoms with Crippen molar-refractivity contribution in [3.63, 3.8) is 0 Å². The lowest BCUT2D eigenvalue weighted by molar-refractivity contribution is -0.152. The Labute approximate surface area is 181 Å². The Bertz CT molecular complexity index is 1000. The number of anilines is 1. The highest BCUT2D eigenvalue weighted by Crippen LogP contribution is 2.53. The minimum Gasteiger partial charge on any atom is -0.462 e. The monoisotopic (exact) mass is 428 g/mol. The van der Waals surface area contributed by atoms with Gasteiger partial charge in [0.25, 0.3) is 0 Å². The van der Waals surface area contributed by atoms with E-state index in [1.165, 1.54) is 0 Å². The van der Waals surface area contributed by atoms with Crippen molar-refractivity contribution in [3.05, 3.63) is 52.6 Å². The highest BCUT2D eigenvalue weighted by Gasteiger charge is 2.62. The third-order valence-corrected chi connectivity index (χ3v) is 4.99. The van der Waals surface area contributed by atoms with Gasteiger partial charge in [0.2, 0.25) is 11.8 Å². The van der Waals surface area contributed by atoms with E-state index in [1.807, 2.05) is 6.92 Å². The van der Waals surface area contributed by atoms with E-state index in [1.54, 1.807) is 52.0 Å². The molecule has 166 valence electrons. The van der Waals surface area contributed by atoms with Crippen molar-refractivity contribution in [1.29, 1.82) is 0 Å². The van der Waals surface area contributed by atoms with Gasteiger partial charge >= 0.3 is 11.9 Å². The molecule has 1 spiro atoms. The number of benzene rings is 1. The van der Waals surface area contributed by atoms with E-state index in [-0.39, 0.29) is 29.4 Å². The van der Waals surface area contributed by atoms with Gasteiger partial charge in [-0.25, -0.2) is 9.59 Å². The summed E-state index contributed by atoms with van der Waals surface area (Å²) in [5.74, 6) is -2.23. The second-order valence-corrected chi connectivity index (χ2v) is 8.36. The molecule has 0 bridgehead atoms. The fourth-order valence-corrected chi connectivity index (χ4v) is 3.96. The van der Waals surface area contributed by atoms with Crippen LogP contribution in [0.15, 0.2) is 47.1 Å². The van der Waals surface area contributed by atoms with Gasteiger partial charge in [0.1, 0.15) is 27.9 Å². The maximum atomic E-state index is 13.6. The van der Waals surface area contributed by atoms with Crippen molar-refractivity contribution < 1.29 is 28.6 Å². The van der Waals surface area contributed by atoms with Crippen molar-refractivity contribution >= 4 is 23.5 Å². The summed E-state index contributed by atoms with van der Waals surface area (Å²) in [6.45, 7) is 8.75. The maximum absolute atomic E-state index is 13.6. The highest BCUT2D eigenvalue weighted by molar-refractivity contribution is 6.21. The van der Waals surface area contributed by atoms with E-state index in [9.17, 15) is 14.4 Å². The molecule has 31 heavy (non-hydrogen) atoms. The number of nitrogens with two attached hydrogens (primary N) is 1. The van der Waals surface area contributed by atoms with E-state index in [0.29, 0.717) is 24.1 Å². The molecule has 2 heterocycles. The van der Waals surface area contributed by atoms with E-state index in [0.717, 1.165) is 0 Å². The molecule has 1 atom stereocenters. The first-order valence-electron chi connectivity index (χ1n) is 10.3. The Morgan fingerprint density at radius 1 is 1.13 bits per heavy atom. The summed E-state index contributed by atoms with van der Waals surface area (Å²) in [4.78, 5) is 40.1. The lowest BCUT2D eigenvalue weighted by atomic mass is 9.67. The molecule has 1 aromatic carbocycles. The maximum Gasteiger partial charge on any atom is 0.341 e. The standard InChI is InChI=1S/C23H28N2O6/c1-6-10-15-16(19(26)29-7-2)23(13-11-8-9-12-14(13)25-21(23)28)17(18(24)30-15)20(27)31-22(3,4)5/h8-9,11-12H,6-7,10,24H2,1-5H3,(H,25,28)/t23-/m0/s1. The lowest BCUT2D eigenvalue weighted by Crippen LogP contribution is -2.49. The van der Waals surface area contributed by atoms with Crippen LogP contribution in [0, 0.1) is 0 Å². The van der Waals surface area contributed by atoms with Crippen molar-refractivity contribution in [2.75, 3.05) is 11.9 Å². The number of carbonyl (C=O) groups is 3. The number of esters is 2. The van der Waals surface area contributed by atoms with Crippen molar-refractivity contribution in [1.82, 2.24) is 0 Å². The molecule has 2 aliphatic heterocycles. The third-order valence-electron chi connectivity index (χ3n) is 4.99. The van der Waals surface area contributed by atoms with Crippen LogP contribution in [0.2, 0.25) is 0 Å². The van der Waals surface area contributed by atoms with Crippen LogP contribution in [0.25, 0.3) is 0 Å². The summed E-state index contributed by atoms with van der Waals surface area (Å²) in [6, 6.07) is 6.85. The summed E-state index contributed by atoms with van der Waals surface area (Å²) >= 11 is 0. The quantitative estimate of drug-likeness (QED) is 0.692. The first-order chi connectivity index (χ1) is 14.6. The lowest BCUT2D eigenvalue weighted by Gasteiger charge is -2.37. The van der Waals surface area contributed by atoms with Gasteiger partial charge in [0, 0.05) is 17.7 Å². The highest BCUT2D eigenvalue weighted by atomic mass is 16.6. The fraction of sp³-hybridized carbons (Fsp3) is 0.435. The summed E-state index contributed by atoms with van der Waals surface area (Å²) in [5.41, 5.74) is 4.14. The zero-order valence-corrected chi connectivity index (χ0v) is 18.5. The number of rotatable bonds is 5. The van der Waals surface area contributed by atoms with Crippen LogP contribution >= 0.6 is 0 Å². The third kappa shape index (κ3) is 3.66. The van der Waals surface area contributed by atoms with E-state index in [2.05, 4.69) is 5.32 Å². The molecule has 0 fully saturated rings. The molecule has 2 aliphatic rings. The van der Waals surface area contributed by atoms with Gasteiger partial charge in [0.05, 0.1) is 6.61 Å². The predicted octanol–water partition coefficient (Wildman–Crippen LogP) is 3.04. The average Bonchev–Trinajstić information content (AvgIpc) is 2.93. The summed E-state index contributed by atoms with van der Waals surface area (Å²) in [7, 11) is 0. The van der Waals surface area contributed by atoms with E-state index < -0.39 is 28.9 Å². The number of allylic oxidation sites excluding steroid dienone is 1. The van der Waals surface area contributed by atoms with Gasteiger partial charge in [-0.3, -0.25) is 4.79 Å². The number of hydrogen-bond donors (Lipinski definition) is 2. The molecule has 3 N–H and O–H groups in total. The zero-order valence-electron chi connectivity index (χ0n) is 18.5. The summed E-state index contributed by atoms with van der Waals surface area (Å²) in [6.07, 6.45) is 0.945. The topological polar surface area (TPSA) is 117 Å². The van der Waals surface area contributed by atoms with Gasteiger partial charge in [0.15, 0.2) is 0 Å².